The van der Waals surface area contributed by atoms with E-state index in [0.29, 0.717) is 32.1 Å². The Morgan fingerprint density at radius 2 is 0.500 bits per heavy atom. The maximum absolute atomic E-state index is 13.1. The van der Waals surface area contributed by atoms with Crippen LogP contribution < -0.4 is 0 Å². The summed E-state index contributed by atoms with van der Waals surface area (Å²) in [4.78, 5) is 73.0. The number of rotatable bonds is 77. The molecule has 3 N–H and O–H groups in total. The predicted octanol–water partition coefficient (Wildman–Crippen LogP) is 23.8. The Hall–Kier alpha value is -3.76. The van der Waals surface area contributed by atoms with Crippen molar-refractivity contribution >= 4 is 39.5 Å². The number of carbonyl (C=O) groups is 4. The van der Waals surface area contributed by atoms with Gasteiger partial charge in [-0.2, -0.15) is 0 Å². The van der Waals surface area contributed by atoms with Gasteiger partial charge in [0.25, 0.3) is 0 Å². The lowest BCUT2D eigenvalue weighted by Crippen LogP contribution is -2.30. The number of hydrogen-bond donors (Lipinski definition) is 3. The van der Waals surface area contributed by atoms with E-state index in [2.05, 4.69) is 94.5 Å². The van der Waals surface area contributed by atoms with Crippen LogP contribution in [0.1, 0.15) is 362 Å². The molecule has 0 aliphatic rings. The fraction of sp³-hybridized carbons (Fsp3) is 0.783. The lowest BCUT2D eigenvalue weighted by molar-refractivity contribution is -0.161. The first-order chi connectivity index (χ1) is 49.7. The second-order valence-electron chi connectivity index (χ2n) is 27.4. The molecule has 0 amide bonds. The second-order valence-corrected chi connectivity index (χ2v) is 30.3. The fourth-order valence-electron chi connectivity index (χ4n) is 11.1. The zero-order valence-electron chi connectivity index (χ0n) is 64.8. The fourth-order valence-corrected chi connectivity index (χ4v) is 12.7. The molecule has 0 saturated carbocycles. The van der Waals surface area contributed by atoms with Crippen molar-refractivity contribution in [2.45, 2.75) is 380 Å². The number of carbonyl (C=O) groups excluding carboxylic acids is 4. The second kappa shape index (κ2) is 75.5. The molecule has 0 fully saturated rings. The van der Waals surface area contributed by atoms with Crippen molar-refractivity contribution in [2.75, 3.05) is 39.6 Å². The Balaban J connectivity index is 5.41. The van der Waals surface area contributed by atoms with Crippen molar-refractivity contribution in [2.24, 2.45) is 0 Å². The normalized spacial score (nSPS) is 14.3. The van der Waals surface area contributed by atoms with E-state index in [-0.39, 0.29) is 25.7 Å². The quantitative estimate of drug-likeness (QED) is 0.0169. The molecular formula is C83H148O17P2. The van der Waals surface area contributed by atoms with Gasteiger partial charge in [0, 0.05) is 25.7 Å². The van der Waals surface area contributed by atoms with Crippen LogP contribution in [0.2, 0.25) is 0 Å². The average Bonchev–Trinajstić information content (AvgIpc) is 0.924. The van der Waals surface area contributed by atoms with Gasteiger partial charge < -0.3 is 33.8 Å². The molecule has 5 atom stereocenters. The van der Waals surface area contributed by atoms with Gasteiger partial charge in [-0.15, -0.1) is 0 Å². The number of esters is 4. The van der Waals surface area contributed by atoms with Crippen molar-refractivity contribution in [3.05, 3.63) is 85.1 Å². The number of allylic oxidation sites excluding steroid dienone is 14. The van der Waals surface area contributed by atoms with Gasteiger partial charge in [-0.05, 0) is 116 Å². The Kier molecular flexibility index (Phi) is 72.7. The van der Waals surface area contributed by atoms with E-state index in [0.717, 1.165) is 135 Å². The molecule has 0 heterocycles. The van der Waals surface area contributed by atoms with E-state index < -0.39 is 97.5 Å². The van der Waals surface area contributed by atoms with E-state index in [4.69, 9.17) is 37.0 Å². The molecule has 0 bridgehead atoms. The molecule has 0 saturated heterocycles. The minimum absolute atomic E-state index is 0.0255. The van der Waals surface area contributed by atoms with E-state index >= 15 is 0 Å². The largest absolute Gasteiger partial charge is 0.472 e. The summed E-state index contributed by atoms with van der Waals surface area (Å²) in [7, 11) is -9.97. The molecule has 17 nitrogen and oxygen atoms in total. The first-order valence-corrected chi connectivity index (χ1v) is 43.8. The van der Waals surface area contributed by atoms with Crippen LogP contribution in [0.4, 0.5) is 0 Å². The number of ether oxygens (including phenoxy) is 4. The third-order valence-electron chi connectivity index (χ3n) is 17.3. The highest BCUT2D eigenvalue weighted by Crippen LogP contribution is 2.45. The summed E-state index contributed by atoms with van der Waals surface area (Å²) in [6, 6.07) is 0. The van der Waals surface area contributed by atoms with Crippen LogP contribution in [0.5, 0.6) is 0 Å². The standard InChI is InChI=1S/C83H148O17P2/c1-5-9-13-17-21-25-29-33-36-37-38-39-42-46-50-54-58-62-66-70-83(88)100-78(73-93-80(85)67-63-59-55-51-47-43-32-28-24-20-16-12-8-4)75-97-101(89,90)95-71-77(84)72-96-102(91,92)98-76-79(99-82(87)69-65-61-57-53-49-45-41-35-31-27-23-19-15-11-7-3)74-94-81(86)68-64-60-56-52-48-44-40-34-30-26-22-18-14-10-6-2/h21,25,27,31,33-34,36,38-40,46,50,58,62,77-79,84H,5-20,22-24,26,28-30,32,35,37,41-45,47-49,51-57,59-61,63-76H2,1-4H3,(H,89,90)(H,91,92)/b25-21-,31-27-,36-33-,39-38-,40-34-,50-46-,62-58-/t77-,78+,79+/m0/s1. The summed E-state index contributed by atoms with van der Waals surface area (Å²) in [6.45, 7) is 4.79. The molecule has 0 aliphatic carbocycles. The summed E-state index contributed by atoms with van der Waals surface area (Å²) in [5.74, 6) is -2.26. The summed E-state index contributed by atoms with van der Waals surface area (Å²) in [5.41, 5.74) is 0. The topological polar surface area (TPSA) is 237 Å². The van der Waals surface area contributed by atoms with Gasteiger partial charge in [-0.25, -0.2) is 9.13 Å². The third kappa shape index (κ3) is 74.5. The van der Waals surface area contributed by atoms with Crippen molar-refractivity contribution in [1.29, 1.82) is 0 Å². The monoisotopic (exact) mass is 1480 g/mol. The molecule has 19 heteroatoms. The maximum Gasteiger partial charge on any atom is 0.472 e. The molecular weight excluding hydrogens is 1330 g/mol. The van der Waals surface area contributed by atoms with Crippen molar-refractivity contribution in [1.82, 2.24) is 0 Å². The Labute approximate surface area is 621 Å². The smallest absolute Gasteiger partial charge is 0.462 e. The van der Waals surface area contributed by atoms with Gasteiger partial charge in [-0.3, -0.25) is 37.3 Å². The van der Waals surface area contributed by atoms with Gasteiger partial charge >= 0.3 is 39.5 Å². The number of unbranched alkanes of at least 4 members (excludes halogenated alkanes) is 37. The van der Waals surface area contributed by atoms with Crippen molar-refractivity contribution in [3.8, 4) is 0 Å². The SMILES string of the molecule is CCCCC/C=C\C/C=C\C/C=C\C/C=C\C/C=C\CCC(=O)O[C@H](COC(=O)CCCCCCCCCCCCCCC)COP(=O)(O)OC[C@H](O)COP(=O)(O)OC[C@@H](COC(=O)CCCCCCC/C=C\CCCCCCCC)OC(=O)CCCCCCCCC/C=C\CCCCCC. The number of hydrogen-bond acceptors (Lipinski definition) is 15. The summed E-state index contributed by atoms with van der Waals surface area (Å²) < 4.78 is 68.6. The van der Waals surface area contributed by atoms with E-state index in [9.17, 15) is 43.2 Å². The average molecular weight is 1480 g/mol. The predicted molar refractivity (Wildman–Crippen MR) is 418 cm³/mol. The molecule has 0 aromatic rings. The zero-order valence-corrected chi connectivity index (χ0v) is 66.6. The van der Waals surface area contributed by atoms with Gasteiger partial charge in [-0.1, -0.05) is 305 Å². The molecule has 102 heavy (non-hydrogen) atoms. The van der Waals surface area contributed by atoms with Gasteiger partial charge in [0.2, 0.25) is 0 Å². The molecule has 0 radical (unpaired) electrons. The number of phosphoric acid groups is 2. The van der Waals surface area contributed by atoms with Gasteiger partial charge in [0.1, 0.15) is 19.3 Å². The minimum atomic E-state index is -4.99. The number of aliphatic hydroxyl groups excluding tert-OH is 1. The molecule has 0 spiro atoms. The van der Waals surface area contributed by atoms with Gasteiger partial charge in [0.15, 0.2) is 12.2 Å². The Bertz CT molecular complexity index is 2260. The van der Waals surface area contributed by atoms with Crippen LogP contribution in [-0.4, -0.2) is 96.7 Å². The van der Waals surface area contributed by atoms with Crippen LogP contribution in [-0.2, 0) is 65.4 Å². The zero-order chi connectivity index (χ0) is 74.6. The van der Waals surface area contributed by atoms with Crippen LogP contribution >= 0.6 is 15.6 Å². The van der Waals surface area contributed by atoms with Crippen LogP contribution in [0.3, 0.4) is 0 Å². The molecule has 2 unspecified atom stereocenters. The Morgan fingerprint density at radius 3 is 0.833 bits per heavy atom. The van der Waals surface area contributed by atoms with Crippen LogP contribution in [0, 0.1) is 0 Å². The highest BCUT2D eigenvalue weighted by Gasteiger charge is 2.30. The Morgan fingerprint density at radius 1 is 0.275 bits per heavy atom. The van der Waals surface area contributed by atoms with Gasteiger partial charge in [0.05, 0.1) is 26.4 Å². The number of phosphoric ester groups is 2. The number of aliphatic hydroxyl groups is 1. The molecule has 0 rings (SSSR count). The van der Waals surface area contributed by atoms with E-state index in [1.807, 2.05) is 18.2 Å². The van der Waals surface area contributed by atoms with Crippen LogP contribution in [0.25, 0.3) is 0 Å². The molecule has 0 aromatic carbocycles. The summed E-state index contributed by atoms with van der Waals surface area (Å²) in [5, 5.41) is 10.6. The first kappa shape index (κ1) is 98.2. The summed E-state index contributed by atoms with van der Waals surface area (Å²) in [6.07, 6.45) is 78.5. The van der Waals surface area contributed by atoms with Crippen LogP contribution in [0.15, 0.2) is 85.1 Å². The minimum Gasteiger partial charge on any atom is -0.462 e. The highest BCUT2D eigenvalue weighted by molar-refractivity contribution is 7.47. The van der Waals surface area contributed by atoms with Crippen molar-refractivity contribution in [3.63, 3.8) is 0 Å². The maximum atomic E-state index is 13.1. The molecule has 592 valence electrons. The lowest BCUT2D eigenvalue weighted by atomic mass is 10.0. The molecule has 0 aromatic heterocycles. The lowest BCUT2D eigenvalue weighted by Gasteiger charge is -2.21. The first-order valence-electron chi connectivity index (χ1n) is 40.8. The molecule has 0 aliphatic heterocycles. The summed E-state index contributed by atoms with van der Waals surface area (Å²) >= 11 is 0. The van der Waals surface area contributed by atoms with Crippen molar-refractivity contribution < 1.29 is 80.2 Å². The highest BCUT2D eigenvalue weighted by atomic mass is 31.2. The van der Waals surface area contributed by atoms with E-state index in [1.54, 1.807) is 0 Å². The third-order valence-corrected chi connectivity index (χ3v) is 19.2. The van der Waals surface area contributed by atoms with E-state index in [1.165, 1.54) is 141 Å².